The van der Waals surface area contributed by atoms with Crippen molar-refractivity contribution in [3.8, 4) is 5.75 Å². The Hall–Kier alpha value is -3.75. The highest BCUT2D eigenvalue weighted by molar-refractivity contribution is 6.23. The predicted molar refractivity (Wildman–Crippen MR) is 107 cm³/mol. The van der Waals surface area contributed by atoms with Crippen LogP contribution in [0.3, 0.4) is 0 Å². The Morgan fingerprint density at radius 3 is 2.53 bits per heavy atom. The van der Waals surface area contributed by atoms with Crippen LogP contribution < -0.4 is 15.1 Å². The zero-order valence-corrected chi connectivity index (χ0v) is 16.7. The Morgan fingerprint density at radius 2 is 1.93 bits per heavy atom. The third-order valence-corrected chi connectivity index (χ3v) is 4.56. The van der Waals surface area contributed by atoms with Crippen molar-refractivity contribution in [1.82, 2.24) is 15.4 Å². The van der Waals surface area contributed by atoms with Gasteiger partial charge in [0.25, 0.3) is 11.8 Å². The van der Waals surface area contributed by atoms with Crippen molar-refractivity contribution in [2.75, 3.05) is 11.5 Å². The molecule has 156 valence electrons. The van der Waals surface area contributed by atoms with E-state index in [9.17, 15) is 19.2 Å². The van der Waals surface area contributed by atoms with Gasteiger partial charge in [0.15, 0.2) is 0 Å². The number of pyridine rings is 1. The molecule has 2 aromatic rings. The van der Waals surface area contributed by atoms with Crippen LogP contribution >= 0.6 is 0 Å². The monoisotopic (exact) mass is 410 g/mol. The van der Waals surface area contributed by atoms with E-state index < -0.39 is 29.7 Å². The number of rotatable bonds is 6. The summed E-state index contributed by atoms with van der Waals surface area (Å²) in [6.07, 6.45) is 2.68. The van der Waals surface area contributed by atoms with Crippen LogP contribution in [0.25, 0.3) is 0 Å². The second-order valence-electron chi connectivity index (χ2n) is 6.51. The van der Waals surface area contributed by atoms with E-state index in [1.807, 2.05) is 6.92 Å². The molecule has 1 atom stereocenters. The lowest BCUT2D eigenvalue weighted by molar-refractivity contribution is -0.140. The first-order valence-electron chi connectivity index (χ1n) is 9.59. The van der Waals surface area contributed by atoms with Crippen molar-refractivity contribution in [3.05, 3.63) is 54.4 Å². The van der Waals surface area contributed by atoms with Crippen LogP contribution in [0.15, 0.2) is 48.8 Å². The highest BCUT2D eigenvalue weighted by atomic mass is 16.5. The van der Waals surface area contributed by atoms with Crippen molar-refractivity contribution in [2.24, 2.45) is 0 Å². The summed E-state index contributed by atoms with van der Waals surface area (Å²) >= 11 is 0. The van der Waals surface area contributed by atoms with Crippen molar-refractivity contribution in [2.45, 2.75) is 32.7 Å². The maximum Gasteiger partial charge on any atom is 0.271 e. The maximum atomic E-state index is 13.0. The molecule has 2 heterocycles. The minimum Gasteiger partial charge on any atom is -0.494 e. The molecule has 1 aromatic carbocycles. The summed E-state index contributed by atoms with van der Waals surface area (Å²) in [7, 11) is 0. The number of nitrogens with one attached hydrogen (secondary N) is 1. The van der Waals surface area contributed by atoms with Crippen LogP contribution in [0.5, 0.6) is 5.75 Å². The number of carbonyl (C=O) groups is 4. The highest BCUT2D eigenvalue weighted by Crippen LogP contribution is 2.27. The first-order valence-corrected chi connectivity index (χ1v) is 9.59. The number of hydrogen-bond acceptors (Lipinski definition) is 6. The van der Waals surface area contributed by atoms with Crippen LogP contribution in [0.2, 0.25) is 0 Å². The number of nitrogens with zero attached hydrogens (tertiary/aromatic N) is 3. The molecular formula is C21H22N4O5. The van der Waals surface area contributed by atoms with Gasteiger partial charge in [0.2, 0.25) is 11.8 Å². The van der Waals surface area contributed by atoms with Crippen molar-refractivity contribution >= 4 is 29.3 Å². The molecule has 1 saturated heterocycles. The number of imide groups is 1. The van der Waals surface area contributed by atoms with Crippen LogP contribution in [0.4, 0.5) is 5.69 Å². The Morgan fingerprint density at radius 1 is 1.20 bits per heavy atom. The molecule has 3 rings (SSSR count). The van der Waals surface area contributed by atoms with Gasteiger partial charge in [0, 0.05) is 18.8 Å². The molecule has 0 radical (unpaired) electrons. The molecule has 1 aromatic heterocycles. The zero-order chi connectivity index (χ0) is 21.7. The van der Waals surface area contributed by atoms with Crippen LogP contribution in [0.1, 0.15) is 37.0 Å². The summed E-state index contributed by atoms with van der Waals surface area (Å²) < 4.78 is 5.37. The van der Waals surface area contributed by atoms with Gasteiger partial charge in [0.05, 0.1) is 24.3 Å². The average molecular weight is 410 g/mol. The topological polar surface area (TPSA) is 109 Å². The van der Waals surface area contributed by atoms with Gasteiger partial charge < -0.3 is 4.74 Å². The quantitative estimate of drug-likeness (QED) is 0.573. The van der Waals surface area contributed by atoms with Gasteiger partial charge in [-0.05, 0) is 43.3 Å². The number of aromatic nitrogens is 1. The van der Waals surface area contributed by atoms with E-state index in [-0.39, 0.29) is 18.4 Å². The molecular weight excluding hydrogens is 388 g/mol. The second kappa shape index (κ2) is 9.17. The van der Waals surface area contributed by atoms with Crippen molar-refractivity contribution in [1.29, 1.82) is 0 Å². The second-order valence-corrected chi connectivity index (χ2v) is 6.51. The van der Waals surface area contributed by atoms with E-state index in [2.05, 4.69) is 10.4 Å². The lowest BCUT2D eigenvalue weighted by Gasteiger charge is -2.27. The summed E-state index contributed by atoms with van der Waals surface area (Å²) in [4.78, 5) is 55.5. The molecule has 0 aliphatic carbocycles. The summed E-state index contributed by atoms with van der Waals surface area (Å²) in [5.41, 5.74) is 3.06. The Bertz CT molecular complexity index is 946. The number of carbonyl (C=O) groups excluding carboxylic acids is 4. The minimum absolute atomic E-state index is 0.0499. The minimum atomic E-state index is -1.13. The summed E-state index contributed by atoms with van der Waals surface area (Å²) in [6.45, 7) is 3.95. The molecule has 1 aliphatic heterocycles. The van der Waals surface area contributed by atoms with Crippen molar-refractivity contribution in [3.63, 3.8) is 0 Å². The third-order valence-electron chi connectivity index (χ3n) is 4.56. The maximum absolute atomic E-state index is 13.0. The Kier molecular flexibility index (Phi) is 6.41. The fraction of sp³-hybridized carbons (Fsp3) is 0.286. The molecule has 1 aliphatic rings. The van der Waals surface area contributed by atoms with Gasteiger partial charge in [-0.3, -0.25) is 29.6 Å². The lowest BCUT2D eigenvalue weighted by atomic mass is 10.2. The van der Waals surface area contributed by atoms with Crippen LogP contribution in [-0.2, 0) is 14.4 Å². The summed E-state index contributed by atoms with van der Waals surface area (Å²) in [5.74, 6) is -1.50. The van der Waals surface area contributed by atoms with Gasteiger partial charge in [-0.1, -0.05) is 6.92 Å². The van der Waals surface area contributed by atoms with E-state index >= 15 is 0 Å². The number of hydrazine groups is 1. The molecule has 4 amide bonds. The molecule has 9 nitrogen and oxygen atoms in total. The number of hydrogen-bond donors (Lipinski definition) is 1. The van der Waals surface area contributed by atoms with Crippen LogP contribution in [0, 0.1) is 0 Å². The average Bonchev–Trinajstić information content (AvgIpc) is 3.06. The Labute approximate surface area is 173 Å². The third kappa shape index (κ3) is 4.29. The summed E-state index contributed by atoms with van der Waals surface area (Å²) in [6, 6.07) is 8.51. The standard InChI is InChI=1S/C21H22N4O5/c1-3-18(26)25(23-20(28)14-6-5-11-22-13-14)17-12-19(27)24(21(17)29)15-7-9-16(10-8-15)30-4-2/h5-11,13,17H,3-4,12H2,1-2H3,(H,23,28). The van der Waals surface area contributed by atoms with Gasteiger partial charge in [-0.2, -0.15) is 0 Å². The van der Waals surface area contributed by atoms with E-state index in [1.54, 1.807) is 37.3 Å². The fourth-order valence-corrected chi connectivity index (χ4v) is 3.10. The first kappa shape index (κ1) is 21.0. The molecule has 0 spiro atoms. The molecule has 30 heavy (non-hydrogen) atoms. The molecule has 1 unspecified atom stereocenters. The smallest absolute Gasteiger partial charge is 0.271 e. The predicted octanol–water partition coefficient (Wildman–Crippen LogP) is 1.70. The molecule has 0 bridgehead atoms. The normalized spacial score (nSPS) is 15.8. The van der Waals surface area contributed by atoms with Crippen LogP contribution in [-0.4, -0.2) is 46.3 Å². The molecule has 9 heteroatoms. The van der Waals surface area contributed by atoms with Gasteiger partial charge >= 0.3 is 0 Å². The SMILES string of the molecule is CCOc1ccc(N2C(=O)CC(N(NC(=O)c3cccnc3)C(=O)CC)C2=O)cc1. The van der Waals surface area contributed by atoms with Crippen molar-refractivity contribution < 1.29 is 23.9 Å². The molecule has 1 N–H and O–H groups in total. The largest absolute Gasteiger partial charge is 0.494 e. The van der Waals surface area contributed by atoms with E-state index in [0.29, 0.717) is 18.0 Å². The van der Waals surface area contributed by atoms with E-state index in [4.69, 9.17) is 4.74 Å². The molecule has 1 fully saturated rings. The number of anilines is 1. The van der Waals surface area contributed by atoms with E-state index in [1.165, 1.54) is 18.5 Å². The van der Waals surface area contributed by atoms with Gasteiger partial charge in [-0.15, -0.1) is 0 Å². The number of benzene rings is 1. The molecule has 0 saturated carbocycles. The lowest BCUT2D eigenvalue weighted by Crippen LogP contribution is -2.54. The number of ether oxygens (including phenoxy) is 1. The Balaban J connectivity index is 1.82. The highest BCUT2D eigenvalue weighted by Gasteiger charge is 2.45. The first-order chi connectivity index (χ1) is 14.5. The number of amides is 4. The zero-order valence-electron chi connectivity index (χ0n) is 16.7. The summed E-state index contributed by atoms with van der Waals surface area (Å²) in [5, 5.41) is 0.949. The van der Waals surface area contributed by atoms with Gasteiger partial charge in [-0.25, -0.2) is 9.91 Å². The van der Waals surface area contributed by atoms with Gasteiger partial charge in [0.1, 0.15) is 11.8 Å². The fourth-order valence-electron chi connectivity index (χ4n) is 3.10. The van der Waals surface area contributed by atoms with E-state index in [0.717, 1.165) is 9.91 Å².